The lowest BCUT2D eigenvalue weighted by molar-refractivity contribution is -0.124. The van der Waals surface area contributed by atoms with E-state index in [4.69, 9.17) is 21.7 Å². The Morgan fingerprint density at radius 1 is 0.891 bits per heavy atom. The molecule has 46 heavy (non-hydrogen) atoms. The summed E-state index contributed by atoms with van der Waals surface area (Å²) in [5, 5.41) is 3.24. The number of benzene rings is 3. The van der Waals surface area contributed by atoms with Crippen molar-refractivity contribution in [1.82, 2.24) is 14.7 Å². The van der Waals surface area contributed by atoms with Crippen molar-refractivity contribution in [2.45, 2.75) is 32.4 Å². The van der Waals surface area contributed by atoms with Gasteiger partial charge in [-0.25, -0.2) is 4.79 Å². The van der Waals surface area contributed by atoms with Crippen molar-refractivity contribution >= 4 is 46.5 Å². The molecule has 10 nitrogen and oxygen atoms in total. The number of methoxy groups -OCH3 is 1. The number of anilines is 2. The highest BCUT2D eigenvalue weighted by molar-refractivity contribution is 7.80. The van der Waals surface area contributed by atoms with Crippen LogP contribution in [-0.2, 0) is 20.9 Å². The molecule has 0 spiro atoms. The highest BCUT2D eigenvalue weighted by Gasteiger charge is 2.44. The maximum Gasteiger partial charge on any atom is 0.338 e. The van der Waals surface area contributed by atoms with E-state index in [1.165, 1.54) is 10.5 Å². The zero-order valence-electron chi connectivity index (χ0n) is 26.4. The van der Waals surface area contributed by atoms with Gasteiger partial charge in [0.2, 0.25) is 5.91 Å². The first-order chi connectivity index (χ1) is 22.4. The fourth-order valence-electron chi connectivity index (χ4n) is 5.83. The van der Waals surface area contributed by atoms with E-state index in [2.05, 4.69) is 39.4 Å². The van der Waals surface area contributed by atoms with Crippen LogP contribution in [0.5, 0.6) is 5.75 Å². The molecule has 2 saturated heterocycles. The molecule has 2 aliphatic heterocycles. The predicted octanol–water partition coefficient (Wildman–Crippen LogP) is 4.41. The average Bonchev–Trinajstić information content (AvgIpc) is 3.30. The summed E-state index contributed by atoms with van der Waals surface area (Å²) in [5.74, 6) is -0.304. The molecule has 1 N–H and O–H groups in total. The molecule has 3 aromatic rings. The van der Waals surface area contributed by atoms with Crippen LogP contribution in [0.3, 0.4) is 0 Å². The summed E-state index contributed by atoms with van der Waals surface area (Å²) in [5.41, 5.74) is 2.87. The van der Waals surface area contributed by atoms with E-state index >= 15 is 0 Å². The van der Waals surface area contributed by atoms with Crippen molar-refractivity contribution < 1.29 is 23.9 Å². The molecule has 2 aliphatic rings. The first kappa shape index (κ1) is 33.1. The molecule has 0 saturated carbocycles. The molecule has 1 atom stereocenters. The molecule has 0 bridgehead atoms. The maximum absolute atomic E-state index is 13.9. The lowest BCUT2D eigenvalue weighted by atomic mass is 10.1. The van der Waals surface area contributed by atoms with E-state index in [1.807, 2.05) is 11.0 Å². The molecule has 0 aromatic heterocycles. The number of amides is 2. The maximum atomic E-state index is 13.9. The van der Waals surface area contributed by atoms with Crippen LogP contribution in [0.4, 0.5) is 11.4 Å². The van der Waals surface area contributed by atoms with Crippen LogP contribution in [0.2, 0.25) is 0 Å². The van der Waals surface area contributed by atoms with Crippen LogP contribution in [0.25, 0.3) is 0 Å². The van der Waals surface area contributed by atoms with Crippen molar-refractivity contribution in [3.63, 3.8) is 0 Å². The number of rotatable bonds is 13. The minimum Gasteiger partial charge on any atom is -0.497 e. The van der Waals surface area contributed by atoms with Crippen LogP contribution >= 0.6 is 12.2 Å². The zero-order valence-corrected chi connectivity index (χ0v) is 27.2. The third-order valence-electron chi connectivity index (χ3n) is 8.30. The van der Waals surface area contributed by atoms with Crippen LogP contribution in [-0.4, -0.2) is 96.6 Å². The minimum absolute atomic E-state index is 0.0550. The van der Waals surface area contributed by atoms with Gasteiger partial charge in [-0.15, -0.1) is 0 Å². The molecule has 3 aromatic carbocycles. The SMILES string of the molecule is CCOC(=O)c1ccc(N2C(=O)[C@@H](CC(=O)Nc3ccc(OC)cc3)N(CCCN3CCN(Cc4ccccc4)CC3)C2=S)cc1. The van der Waals surface area contributed by atoms with Crippen molar-refractivity contribution in [1.29, 1.82) is 0 Å². The van der Waals surface area contributed by atoms with E-state index in [1.54, 1.807) is 62.6 Å². The number of hydrogen-bond donors (Lipinski definition) is 1. The number of carbonyl (C=O) groups is 3. The molecule has 0 aliphatic carbocycles. The van der Waals surface area contributed by atoms with Crippen molar-refractivity contribution in [3.8, 4) is 5.75 Å². The Kier molecular flexibility index (Phi) is 11.4. The Bertz CT molecular complexity index is 1490. The predicted molar refractivity (Wildman–Crippen MR) is 182 cm³/mol. The van der Waals surface area contributed by atoms with Gasteiger partial charge in [-0.1, -0.05) is 30.3 Å². The van der Waals surface area contributed by atoms with Crippen LogP contribution in [0, 0.1) is 0 Å². The number of piperazine rings is 1. The monoisotopic (exact) mass is 643 g/mol. The molecular formula is C35H41N5O5S. The van der Waals surface area contributed by atoms with Crippen molar-refractivity contribution in [2.24, 2.45) is 0 Å². The molecule has 2 heterocycles. The first-order valence-electron chi connectivity index (χ1n) is 15.7. The van der Waals surface area contributed by atoms with Gasteiger partial charge in [0.05, 0.1) is 31.4 Å². The Labute approximate surface area is 275 Å². The Hall–Kier alpha value is -4.32. The summed E-state index contributed by atoms with van der Waals surface area (Å²) < 4.78 is 10.3. The zero-order chi connectivity index (χ0) is 32.5. The summed E-state index contributed by atoms with van der Waals surface area (Å²) in [6, 6.07) is 23.4. The van der Waals surface area contributed by atoms with Gasteiger partial charge in [0, 0.05) is 45.0 Å². The van der Waals surface area contributed by atoms with E-state index in [0.29, 0.717) is 34.3 Å². The van der Waals surface area contributed by atoms with Crippen LogP contribution in [0.15, 0.2) is 78.9 Å². The van der Waals surface area contributed by atoms with Gasteiger partial charge in [-0.3, -0.25) is 19.4 Å². The minimum atomic E-state index is -0.752. The summed E-state index contributed by atoms with van der Waals surface area (Å²) >= 11 is 5.86. The van der Waals surface area contributed by atoms with E-state index < -0.39 is 12.0 Å². The van der Waals surface area contributed by atoms with Gasteiger partial charge in [-0.2, -0.15) is 0 Å². The van der Waals surface area contributed by atoms with Gasteiger partial charge in [-0.05, 0) is 86.2 Å². The summed E-state index contributed by atoms with van der Waals surface area (Å²) in [6.45, 7) is 8.32. The van der Waals surface area contributed by atoms with Gasteiger partial charge >= 0.3 is 5.97 Å². The lowest BCUT2D eigenvalue weighted by Gasteiger charge is -2.35. The number of esters is 1. The Balaban J connectivity index is 1.23. The number of hydrogen-bond acceptors (Lipinski definition) is 8. The van der Waals surface area contributed by atoms with Gasteiger partial charge in [0.1, 0.15) is 11.8 Å². The second-order valence-corrected chi connectivity index (χ2v) is 11.7. The van der Waals surface area contributed by atoms with E-state index in [9.17, 15) is 14.4 Å². The summed E-state index contributed by atoms with van der Waals surface area (Å²) in [7, 11) is 1.58. The quantitative estimate of drug-likeness (QED) is 0.215. The second kappa shape index (κ2) is 15.8. The van der Waals surface area contributed by atoms with Gasteiger partial charge < -0.3 is 24.6 Å². The van der Waals surface area contributed by atoms with Gasteiger partial charge in [0.15, 0.2) is 5.11 Å². The normalized spacial score (nSPS) is 17.3. The van der Waals surface area contributed by atoms with Crippen LogP contribution in [0.1, 0.15) is 35.7 Å². The first-order valence-corrected chi connectivity index (χ1v) is 16.1. The topological polar surface area (TPSA) is 94.7 Å². The number of nitrogens with one attached hydrogen (secondary N) is 1. The molecule has 242 valence electrons. The lowest BCUT2D eigenvalue weighted by Crippen LogP contribution is -2.47. The molecule has 5 rings (SSSR count). The van der Waals surface area contributed by atoms with E-state index in [0.717, 1.165) is 45.7 Å². The Morgan fingerprint density at radius 2 is 1.57 bits per heavy atom. The van der Waals surface area contributed by atoms with Crippen LogP contribution < -0.4 is 15.0 Å². The van der Waals surface area contributed by atoms with Crippen molar-refractivity contribution in [2.75, 3.05) is 63.2 Å². The molecule has 0 radical (unpaired) electrons. The smallest absolute Gasteiger partial charge is 0.338 e. The number of carbonyl (C=O) groups excluding carboxylic acids is 3. The fraction of sp³-hybridized carbons (Fsp3) is 0.371. The average molecular weight is 644 g/mol. The fourth-order valence-corrected chi connectivity index (χ4v) is 6.24. The van der Waals surface area contributed by atoms with E-state index in [-0.39, 0.29) is 24.8 Å². The molecule has 2 fully saturated rings. The largest absolute Gasteiger partial charge is 0.497 e. The number of nitrogens with zero attached hydrogens (tertiary/aromatic N) is 4. The third kappa shape index (κ3) is 8.28. The second-order valence-electron chi connectivity index (χ2n) is 11.4. The van der Waals surface area contributed by atoms with Crippen molar-refractivity contribution in [3.05, 3.63) is 90.0 Å². The molecular weight excluding hydrogens is 602 g/mol. The van der Waals surface area contributed by atoms with Gasteiger partial charge in [0.25, 0.3) is 5.91 Å². The molecule has 2 amide bonds. The third-order valence-corrected chi connectivity index (χ3v) is 8.71. The highest BCUT2D eigenvalue weighted by atomic mass is 32.1. The molecule has 0 unspecified atom stereocenters. The number of ether oxygens (including phenoxy) is 2. The highest BCUT2D eigenvalue weighted by Crippen LogP contribution is 2.28. The molecule has 11 heteroatoms. The standard InChI is InChI=1S/C35H41N5O5S/c1-3-45-34(43)27-10-14-29(15-11-27)40-33(42)31(24-32(41)36-28-12-16-30(44-2)17-13-28)39(35(40)46)19-7-18-37-20-22-38(23-21-37)25-26-8-5-4-6-9-26/h4-6,8-17,31H,3,7,18-25H2,1-2H3,(H,36,41)/t31-/m1/s1. The number of thiocarbonyl (C=S) groups is 1. The summed E-state index contributed by atoms with van der Waals surface area (Å²) in [4.78, 5) is 47.5. The Morgan fingerprint density at radius 3 is 2.22 bits per heavy atom. The summed E-state index contributed by atoms with van der Waals surface area (Å²) in [6.07, 6.45) is 0.735.